The van der Waals surface area contributed by atoms with Gasteiger partial charge in [0.2, 0.25) is 5.91 Å². The molecule has 0 saturated carbocycles. The van der Waals surface area contributed by atoms with Gasteiger partial charge in [-0.15, -0.1) is 11.8 Å². The van der Waals surface area contributed by atoms with Crippen LogP contribution < -0.4 is 10.2 Å². The highest BCUT2D eigenvalue weighted by Crippen LogP contribution is 2.42. The molecule has 1 saturated heterocycles. The van der Waals surface area contributed by atoms with Crippen LogP contribution in [0.2, 0.25) is 0 Å². The minimum Gasteiger partial charge on any atom is -0.322 e. The lowest BCUT2D eigenvalue weighted by molar-refractivity contribution is -0.115. The molecule has 1 unspecified atom stereocenters. The summed E-state index contributed by atoms with van der Waals surface area (Å²) in [5, 5.41) is 2.92. The summed E-state index contributed by atoms with van der Waals surface area (Å²) in [7, 11) is 0. The number of carbonyl (C=O) groups is 2. The maximum atomic E-state index is 12.7. The number of aryl methyl sites for hydroxylation is 2. The zero-order valence-corrected chi connectivity index (χ0v) is 20.0. The van der Waals surface area contributed by atoms with Crippen LogP contribution in [0.4, 0.5) is 11.4 Å². The van der Waals surface area contributed by atoms with Crippen LogP contribution in [-0.2, 0) is 11.2 Å². The summed E-state index contributed by atoms with van der Waals surface area (Å²) >= 11 is 1.63. The van der Waals surface area contributed by atoms with Gasteiger partial charge in [0, 0.05) is 16.9 Å². The van der Waals surface area contributed by atoms with Crippen molar-refractivity contribution in [3.63, 3.8) is 0 Å². The van der Waals surface area contributed by atoms with E-state index in [2.05, 4.69) is 12.2 Å². The number of nitrogens with one attached hydrogen (secondary N) is 1. The van der Waals surface area contributed by atoms with E-state index in [4.69, 9.17) is 0 Å². The average molecular weight is 459 g/mol. The Morgan fingerprint density at radius 2 is 1.73 bits per heavy atom. The zero-order chi connectivity index (χ0) is 23.2. The van der Waals surface area contributed by atoms with Crippen molar-refractivity contribution in [3.8, 4) is 0 Å². The molecule has 0 aromatic heterocycles. The lowest BCUT2D eigenvalue weighted by atomic mass is 10.0. The van der Waals surface area contributed by atoms with Crippen molar-refractivity contribution in [1.29, 1.82) is 0 Å². The van der Waals surface area contributed by atoms with Gasteiger partial charge in [-0.25, -0.2) is 0 Å². The Bertz CT molecular complexity index is 1110. The Morgan fingerprint density at radius 3 is 2.42 bits per heavy atom. The van der Waals surface area contributed by atoms with E-state index >= 15 is 0 Å². The molecule has 0 aliphatic carbocycles. The number of anilines is 2. The third-order valence-corrected chi connectivity index (χ3v) is 7.19. The third kappa shape index (κ3) is 5.48. The fraction of sp³-hybridized carbons (Fsp3) is 0.286. The smallest absolute Gasteiger partial charge is 0.255 e. The van der Waals surface area contributed by atoms with E-state index in [-0.39, 0.29) is 17.2 Å². The molecular weight excluding hydrogens is 428 g/mol. The monoisotopic (exact) mass is 458 g/mol. The van der Waals surface area contributed by atoms with E-state index in [0.717, 1.165) is 28.9 Å². The highest BCUT2D eigenvalue weighted by molar-refractivity contribution is 8.00. The second kappa shape index (κ2) is 10.7. The molecule has 33 heavy (non-hydrogen) atoms. The second-order valence-corrected chi connectivity index (χ2v) is 9.51. The van der Waals surface area contributed by atoms with Gasteiger partial charge in [-0.2, -0.15) is 0 Å². The Hall–Kier alpha value is -3.05. The molecule has 1 heterocycles. The molecule has 1 aliphatic rings. The lowest BCUT2D eigenvalue weighted by Gasteiger charge is -2.26. The number of thioether (sulfide) groups is 1. The maximum absolute atomic E-state index is 12.7. The van der Waals surface area contributed by atoms with Crippen LogP contribution >= 0.6 is 11.8 Å². The van der Waals surface area contributed by atoms with E-state index < -0.39 is 0 Å². The van der Waals surface area contributed by atoms with Crippen LogP contribution in [-0.4, -0.2) is 17.6 Å². The Morgan fingerprint density at radius 1 is 1.00 bits per heavy atom. The second-order valence-electron chi connectivity index (χ2n) is 8.44. The van der Waals surface area contributed by atoms with Gasteiger partial charge in [-0.1, -0.05) is 62.2 Å². The van der Waals surface area contributed by atoms with Gasteiger partial charge < -0.3 is 5.32 Å². The van der Waals surface area contributed by atoms with Crippen molar-refractivity contribution in [1.82, 2.24) is 0 Å². The van der Waals surface area contributed by atoms with Crippen molar-refractivity contribution in [2.24, 2.45) is 0 Å². The predicted octanol–water partition coefficient (Wildman–Crippen LogP) is 6.76. The maximum Gasteiger partial charge on any atom is 0.255 e. The quantitative estimate of drug-likeness (QED) is 0.380. The summed E-state index contributed by atoms with van der Waals surface area (Å²) in [4.78, 5) is 27.2. The molecule has 3 aromatic carbocycles. The van der Waals surface area contributed by atoms with Crippen molar-refractivity contribution in [3.05, 3.63) is 95.1 Å². The fourth-order valence-electron chi connectivity index (χ4n) is 4.10. The molecule has 0 spiro atoms. The Balaban J connectivity index is 1.42. The highest BCUT2D eigenvalue weighted by Gasteiger charge is 2.34. The first-order chi connectivity index (χ1) is 16.1. The topological polar surface area (TPSA) is 49.4 Å². The van der Waals surface area contributed by atoms with Crippen molar-refractivity contribution >= 4 is 35.0 Å². The van der Waals surface area contributed by atoms with E-state index in [1.807, 2.05) is 84.6 Å². The van der Waals surface area contributed by atoms with E-state index in [0.29, 0.717) is 11.3 Å². The van der Waals surface area contributed by atoms with Gasteiger partial charge in [0.1, 0.15) is 5.37 Å². The van der Waals surface area contributed by atoms with Crippen LogP contribution in [0.25, 0.3) is 0 Å². The summed E-state index contributed by atoms with van der Waals surface area (Å²) in [6.07, 6.45) is 4.67. The first-order valence-electron chi connectivity index (χ1n) is 11.6. The van der Waals surface area contributed by atoms with Crippen molar-refractivity contribution in [2.45, 2.75) is 44.9 Å². The Kier molecular flexibility index (Phi) is 7.50. The third-order valence-electron chi connectivity index (χ3n) is 5.98. The molecule has 4 nitrogen and oxygen atoms in total. The summed E-state index contributed by atoms with van der Waals surface area (Å²) in [6.45, 7) is 4.23. The van der Waals surface area contributed by atoms with Gasteiger partial charge in [0.15, 0.2) is 0 Å². The van der Waals surface area contributed by atoms with E-state index in [1.165, 1.54) is 24.8 Å². The van der Waals surface area contributed by atoms with Gasteiger partial charge >= 0.3 is 0 Å². The number of amides is 2. The van der Waals surface area contributed by atoms with Crippen molar-refractivity contribution < 1.29 is 9.59 Å². The van der Waals surface area contributed by atoms with E-state index in [1.54, 1.807) is 11.8 Å². The van der Waals surface area contributed by atoms with Crippen LogP contribution in [0.3, 0.4) is 0 Å². The predicted molar refractivity (Wildman–Crippen MR) is 138 cm³/mol. The first-order valence-corrected chi connectivity index (χ1v) is 12.6. The molecule has 5 heteroatoms. The number of carbonyl (C=O) groups excluding carboxylic acids is 2. The molecule has 2 amide bonds. The first kappa shape index (κ1) is 23.1. The standard InChI is InChI=1S/C28H30N2O2S/c1-3-4-5-9-21-11-13-22(14-12-21)27(32)29-24-17-15-23(16-18-24)28-30(26(31)19-33-28)25-10-7-6-8-20(25)2/h6-8,10-18,28H,3-5,9,19H2,1-2H3,(H,29,32). The average Bonchev–Trinajstić information content (AvgIpc) is 3.21. The molecule has 1 N–H and O–H groups in total. The lowest BCUT2D eigenvalue weighted by Crippen LogP contribution is -2.28. The molecule has 1 fully saturated rings. The molecule has 170 valence electrons. The van der Waals surface area contributed by atoms with Crippen LogP contribution in [0.15, 0.2) is 72.8 Å². The largest absolute Gasteiger partial charge is 0.322 e. The number of para-hydroxylation sites is 1. The number of hydrogen-bond donors (Lipinski definition) is 1. The molecule has 4 rings (SSSR count). The highest BCUT2D eigenvalue weighted by atomic mass is 32.2. The summed E-state index contributed by atoms with van der Waals surface area (Å²) in [5.74, 6) is 0.469. The number of rotatable bonds is 8. The zero-order valence-electron chi connectivity index (χ0n) is 19.2. The van der Waals surface area contributed by atoms with Crippen LogP contribution in [0.1, 0.15) is 58.6 Å². The Labute approximate surface area is 200 Å². The van der Waals surface area contributed by atoms with E-state index in [9.17, 15) is 9.59 Å². The minimum absolute atomic E-state index is 0.0661. The number of nitrogens with zero attached hydrogens (tertiary/aromatic N) is 1. The molecule has 1 aliphatic heterocycles. The molecule has 0 bridgehead atoms. The van der Waals surface area contributed by atoms with Gasteiger partial charge in [0.25, 0.3) is 5.91 Å². The molecule has 0 radical (unpaired) electrons. The van der Waals surface area contributed by atoms with Crippen LogP contribution in [0.5, 0.6) is 0 Å². The molecule has 1 atom stereocenters. The summed E-state index contributed by atoms with van der Waals surface area (Å²) < 4.78 is 0. The number of benzene rings is 3. The van der Waals surface area contributed by atoms with Gasteiger partial charge in [0.05, 0.1) is 5.75 Å². The SMILES string of the molecule is CCCCCc1ccc(C(=O)Nc2ccc(C3SCC(=O)N3c3ccccc3C)cc2)cc1. The van der Waals surface area contributed by atoms with Gasteiger partial charge in [-0.05, 0) is 66.8 Å². The summed E-state index contributed by atoms with van der Waals surface area (Å²) in [6, 6.07) is 23.7. The number of unbranched alkanes of at least 4 members (excludes halogenated alkanes) is 2. The molecular formula is C28H30N2O2S. The normalized spacial score (nSPS) is 15.6. The number of hydrogen-bond acceptors (Lipinski definition) is 3. The van der Waals surface area contributed by atoms with Gasteiger partial charge in [-0.3, -0.25) is 14.5 Å². The van der Waals surface area contributed by atoms with Crippen molar-refractivity contribution in [2.75, 3.05) is 16.0 Å². The van der Waals surface area contributed by atoms with Crippen LogP contribution in [0, 0.1) is 6.92 Å². The minimum atomic E-state index is -0.116. The summed E-state index contributed by atoms with van der Waals surface area (Å²) in [5.41, 5.74) is 5.75. The fourth-order valence-corrected chi connectivity index (χ4v) is 5.27. The molecule has 3 aromatic rings.